The maximum Gasteiger partial charge on any atom is 0.167 e. The number of aromatic nitrogens is 7. The van der Waals surface area contributed by atoms with Crippen LogP contribution in [-0.2, 0) is 6.42 Å². The Morgan fingerprint density at radius 1 is 0.206 bits per heavy atom. The van der Waals surface area contributed by atoms with Crippen molar-refractivity contribution in [3.05, 3.63) is 429 Å². The van der Waals surface area contributed by atoms with E-state index >= 15 is 0 Å². The Morgan fingerprint density at radius 2 is 0.618 bits per heavy atom. The molecular weight excluding hydrogens is 1630 g/mol. The van der Waals surface area contributed by atoms with Gasteiger partial charge in [-0.05, 0) is 180 Å². The normalized spacial score (nSPS) is 12.0. The molecule has 28 rings (SSSR count). The Balaban J connectivity index is 0.000000119. The van der Waals surface area contributed by atoms with E-state index in [1.54, 1.807) is 0 Å². The number of furan rings is 4. The van der Waals surface area contributed by atoms with Crippen molar-refractivity contribution in [2.24, 2.45) is 0 Å². The number of hydrogen-bond donors (Lipinski definition) is 0. The maximum absolute atomic E-state index is 7.25. The minimum absolute atomic E-state index is 0.510. The van der Waals surface area contributed by atoms with Gasteiger partial charge in [0.25, 0.3) is 0 Å². The van der Waals surface area contributed by atoms with Crippen LogP contribution in [0.15, 0.2) is 430 Å². The highest BCUT2D eigenvalue weighted by Crippen LogP contribution is 2.49. The summed E-state index contributed by atoms with van der Waals surface area (Å²) in [5.74, 6) is 3.17. The van der Waals surface area contributed by atoms with E-state index in [0.29, 0.717) is 45.6 Å². The van der Waals surface area contributed by atoms with Gasteiger partial charge in [0.15, 0.2) is 46.1 Å². The Kier molecular flexibility index (Phi) is 17.5. The number of hydrogen-bond acceptors (Lipinski definition) is 10. The second-order valence-corrected chi connectivity index (χ2v) is 33.9. The van der Waals surface area contributed by atoms with Gasteiger partial charge in [-0.25, -0.2) is 29.9 Å². The zero-order valence-electron chi connectivity index (χ0n) is 70.1. The third-order valence-corrected chi connectivity index (χ3v) is 26.2. The third kappa shape index (κ3) is 12.6. The van der Waals surface area contributed by atoms with Gasteiger partial charge in [-0.1, -0.05) is 327 Å². The van der Waals surface area contributed by atoms with Gasteiger partial charge in [0, 0.05) is 86.9 Å². The molecule has 20 aromatic carbocycles. The number of fused-ring (bicyclic) bond motifs is 24. The molecule has 7 heterocycles. The van der Waals surface area contributed by atoms with Gasteiger partial charge in [-0.15, -0.1) is 0 Å². The quantitative estimate of drug-likeness (QED) is 0.137. The molecule has 12 heteroatoms. The molecule has 0 fully saturated rings. The lowest BCUT2D eigenvalue weighted by molar-refractivity contribution is 0.669. The van der Waals surface area contributed by atoms with Crippen LogP contribution in [-0.4, -0.2) is 34.5 Å². The SMILES string of the molecule is Clc1ccc(-c2nc(-c3cccc(-c4ccccc4)c3)nc(-c3cccc4c3oc3ccccc34)n2)c2c1oc1c3ccccc3ccc12.c1ccc(-c2cccc(-c3nc(-c4cccc5c4oc4ccccc45)nc(-c4ccc(-n5c6ccccc6c6cc7ccccc7cc65)c5oc6c7ccccc7ccc6c45)n3)c2)cc1.c1ccc2c(c1)Cc1cc3ccccc3cc1-2. The highest BCUT2D eigenvalue weighted by Gasteiger charge is 2.29. The lowest BCUT2D eigenvalue weighted by Crippen LogP contribution is -2.01. The molecule has 0 bridgehead atoms. The highest BCUT2D eigenvalue weighted by molar-refractivity contribution is 6.37. The van der Waals surface area contributed by atoms with Crippen molar-refractivity contribution in [3.63, 3.8) is 0 Å². The van der Waals surface area contributed by atoms with E-state index in [-0.39, 0.29) is 0 Å². The van der Waals surface area contributed by atoms with E-state index in [9.17, 15) is 0 Å². The number of nitrogens with zero attached hydrogens (tertiary/aromatic N) is 7. The second kappa shape index (κ2) is 30.5. The van der Waals surface area contributed by atoms with Crippen LogP contribution in [0.5, 0.6) is 0 Å². The third-order valence-electron chi connectivity index (χ3n) is 25.9. The molecule has 0 unspecified atom stereocenters. The number of para-hydroxylation sites is 5. The molecule has 1 aliphatic carbocycles. The van der Waals surface area contributed by atoms with Crippen LogP contribution in [0.2, 0.25) is 5.02 Å². The minimum Gasteiger partial charge on any atom is -0.455 e. The fraction of sp³-hybridized carbons (Fsp3) is 0.00840. The second-order valence-electron chi connectivity index (χ2n) is 33.5. The molecule has 27 aromatic rings. The molecule has 0 N–H and O–H groups in total. The van der Waals surface area contributed by atoms with Crippen molar-refractivity contribution in [1.29, 1.82) is 0 Å². The summed E-state index contributed by atoms with van der Waals surface area (Å²) < 4.78 is 29.2. The van der Waals surface area contributed by atoms with Crippen molar-refractivity contribution < 1.29 is 17.7 Å². The first kappa shape index (κ1) is 75.1. The van der Waals surface area contributed by atoms with Gasteiger partial charge in [0.1, 0.15) is 33.5 Å². The van der Waals surface area contributed by atoms with E-state index in [1.807, 2.05) is 115 Å². The Morgan fingerprint density at radius 3 is 1.20 bits per heavy atom. The Hall–Kier alpha value is -17.3. The van der Waals surface area contributed by atoms with Gasteiger partial charge >= 0.3 is 0 Å². The van der Waals surface area contributed by atoms with Gasteiger partial charge in [-0.3, -0.25) is 0 Å². The first-order valence-electron chi connectivity index (χ1n) is 43.9. The van der Waals surface area contributed by atoms with Crippen LogP contribution >= 0.6 is 11.6 Å². The van der Waals surface area contributed by atoms with Crippen LogP contribution in [0.25, 0.3) is 260 Å². The lowest BCUT2D eigenvalue weighted by atomic mass is 10.0. The summed E-state index contributed by atoms with van der Waals surface area (Å²) in [5, 5.41) is 20.0. The molecule has 0 saturated heterocycles. The van der Waals surface area contributed by atoms with Gasteiger partial charge < -0.3 is 22.2 Å². The smallest absolute Gasteiger partial charge is 0.167 e. The molecule has 0 spiro atoms. The molecule has 0 aliphatic heterocycles. The van der Waals surface area contributed by atoms with Crippen LogP contribution in [0.3, 0.4) is 0 Å². The fourth-order valence-electron chi connectivity index (χ4n) is 19.7. The zero-order valence-corrected chi connectivity index (χ0v) is 70.9. The summed E-state index contributed by atoms with van der Waals surface area (Å²) in [6, 6.07) is 143. The standard InChI is InChI=1S/C59H34N4O2.C43H24ClN3O2.C17H12/c1-2-14-35(15-3-1)37-19-12-20-40(32-37)57-60-58(62-59(61-57)47-25-13-24-44-43-23-9-11-27-52(43)64-55(44)47)46-30-31-50(56-53(46)45-29-28-36-16-6-7-21-41(36)54(45)65-56)63-49-26-10-8-22-42(49)48-33-38-17-4-5-18-39(38)34-51(48)63;44-35-23-22-33(37-32-21-20-26-12-4-5-15-29(26)38(32)49-40(35)37)42-45-41(28-14-8-13-27(24-28)25-10-2-1-3-11-25)46-43(47-42)34-18-9-17-31-30-16-6-7-19-36(30)48-39(31)34;1-2-6-13-11-17-15(9-12(13)5-1)10-14-7-3-4-8-16(14)17/h1-34H;1-24H;1-9,11H,10H2. The molecule has 7 aromatic heterocycles. The largest absolute Gasteiger partial charge is 0.455 e. The molecule has 612 valence electrons. The van der Waals surface area contributed by atoms with Crippen LogP contribution in [0, 0.1) is 0 Å². The van der Waals surface area contributed by atoms with E-state index in [2.05, 4.69) is 302 Å². The van der Waals surface area contributed by atoms with Crippen molar-refractivity contribution in [2.45, 2.75) is 6.42 Å². The first-order chi connectivity index (χ1) is 64.8. The fourth-order valence-corrected chi connectivity index (χ4v) is 19.9. The molecular formula is C119H70ClN7O4. The molecule has 0 amide bonds. The van der Waals surface area contributed by atoms with Crippen LogP contribution < -0.4 is 0 Å². The summed E-state index contributed by atoms with van der Waals surface area (Å²) in [6.45, 7) is 0. The summed E-state index contributed by atoms with van der Waals surface area (Å²) in [7, 11) is 0. The first-order valence-corrected chi connectivity index (χ1v) is 44.3. The van der Waals surface area contributed by atoms with Crippen molar-refractivity contribution in [3.8, 4) is 107 Å². The molecule has 131 heavy (non-hydrogen) atoms. The van der Waals surface area contributed by atoms with Crippen molar-refractivity contribution >= 4 is 164 Å². The predicted octanol–water partition coefficient (Wildman–Crippen LogP) is 32.3. The summed E-state index contributed by atoms with van der Waals surface area (Å²) >= 11 is 6.81. The van der Waals surface area contributed by atoms with Crippen molar-refractivity contribution in [1.82, 2.24) is 34.5 Å². The van der Waals surface area contributed by atoms with Gasteiger partial charge in [0.05, 0.1) is 32.9 Å². The summed E-state index contributed by atoms with van der Waals surface area (Å²) in [4.78, 5) is 31.5. The number of halogens is 1. The number of benzene rings is 20. The lowest BCUT2D eigenvalue weighted by Gasteiger charge is -2.13. The molecule has 0 radical (unpaired) electrons. The maximum atomic E-state index is 7.25. The average molecular weight is 1700 g/mol. The van der Waals surface area contributed by atoms with Crippen LogP contribution in [0.4, 0.5) is 0 Å². The summed E-state index contributed by atoms with van der Waals surface area (Å²) in [6.07, 6.45) is 1.08. The Labute approximate surface area is 753 Å². The zero-order chi connectivity index (χ0) is 86.3. The molecule has 0 saturated carbocycles. The highest BCUT2D eigenvalue weighted by atomic mass is 35.5. The van der Waals surface area contributed by atoms with Crippen LogP contribution in [0.1, 0.15) is 11.1 Å². The molecule has 11 nitrogen and oxygen atoms in total. The molecule has 1 aliphatic rings. The van der Waals surface area contributed by atoms with E-state index in [4.69, 9.17) is 59.2 Å². The van der Waals surface area contributed by atoms with E-state index < -0.39 is 0 Å². The van der Waals surface area contributed by atoms with Crippen molar-refractivity contribution in [2.75, 3.05) is 0 Å². The topological polar surface area (TPSA) is 135 Å². The number of rotatable bonds is 9. The molecule has 0 atom stereocenters. The monoisotopic (exact) mass is 1700 g/mol. The minimum atomic E-state index is 0.510. The van der Waals surface area contributed by atoms with E-state index in [0.717, 1.165) is 182 Å². The predicted molar refractivity (Wildman–Crippen MR) is 536 cm³/mol. The van der Waals surface area contributed by atoms with E-state index in [1.165, 1.54) is 54.6 Å². The average Bonchev–Trinajstić information content (AvgIpc) is 1.66. The Bertz CT molecular complexity index is 9390. The summed E-state index contributed by atoms with van der Waals surface area (Å²) in [5.41, 5.74) is 24.2. The van der Waals surface area contributed by atoms with Gasteiger partial charge in [0.2, 0.25) is 0 Å². The van der Waals surface area contributed by atoms with Gasteiger partial charge in [-0.2, -0.15) is 0 Å².